The van der Waals surface area contributed by atoms with Crippen molar-refractivity contribution in [2.75, 3.05) is 39.9 Å². The number of hydrogen-bond donors (Lipinski definition) is 1. The average molecular weight is 1030 g/mol. The number of imidazole rings is 1. The van der Waals surface area contributed by atoms with E-state index in [1.807, 2.05) is 105 Å². The Labute approximate surface area is 439 Å². The molecule has 3 fully saturated rings. The Kier molecular flexibility index (Phi) is 16.0. The lowest BCUT2D eigenvalue weighted by Crippen LogP contribution is -2.65. The molecule has 73 heavy (non-hydrogen) atoms. The van der Waals surface area contributed by atoms with E-state index in [-0.39, 0.29) is 43.2 Å². The Balaban J connectivity index is 0.891. The van der Waals surface area contributed by atoms with E-state index in [0.717, 1.165) is 66.2 Å². The molecule has 1 aliphatic carbocycles. The number of aromatic nitrogens is 2. The molecule has 4 aliphatic rings. The fraction of sp³-hybridized carbons (Fsp3) is 0.466. The monoisotopic (exact) mass is 1030 g/mol. The van der Waals surface area contributed by atoms with E-state index < -0.39 is 35.1 Å². The van der Waals surface area contributed by atoms with Crippen LogP contribution < -0.4 is 10.1 Å². The maximum Gasteiger partial charge on any atom is 0.306 e. The molecule has 5 aromatic rings. The van der Waals surface area contributed by atoms with Crippen LogP contribution in [0.4, 0.5) is 0 Å². The van der Waals surface area contributed by atoms with E-state index in [1.165, 1.54) is 25.5 Å². The van der Waals surface area contributed by atoms with Gasteiger partial charge in [0.25, 0.3) is 0 Å². The first-order chi connectivity index (χ1) is 35.1. The number of hydrogen-bond acceptors (Lipinski definition) is 9. The Bertz CT molecular complexity index is 2790. The number of rotatable bonds is 17. The lowest BCUT2D eigenvalue weighted by atomic mass is 9.80. The molecule has 0 spiro atoms. The normalized spacial score (nSPS) is 21.4. The summed E-state index contributed by atoms with van der Waals surface area (Å²) in [6.07, 6.45) is 8.53. The fourth-order valence-electron chi connectivity index (χ4n) is 11.7. The summed E-state index contributed by atoms with van der Waals surface area (Å²) >= 11 is 12.9. The first-order valence-electron chi connectivity index (χ1n) is 25.9. The lowest BCUT2D eigenvalue weighted by Gasteiger charge is -2.46. The minimum absolute atomic E-state index is 0.00752. The van der Waals surface area contributed by atoms with Gasteiger partial charge in [-0.1, -0.05) is 72.6 Å². The Hall–Kier alpha value is -5.73. The van der Waals surface area contributed by atoms with Crippen LogP contribution in [0.1, 0.15) is 99.7 Å². The smallest absolute Gasteiger partial charge is 0.306 e. The zero-order chi connectivity index (χ0) is 51.4. The topological polar surface area (TPSA) is 136 Å². The number of carbonyl (C=O) groups excluding carboxylic acids is 4. The van der Waals surface area contributed by atoms with Crippen molar-refractivity contribution < 1.29 is 33.4 Å². The van der Waals surface area contributed by atoms with Gasteiger partial charge in [-0.3, -0.25) is 29.0 Å². The van der Waals surface area contributed by atoms with Crippen molar-refractivity contribution in [1.82, 2.24) is 29.6 Å². The Morgan fingerprint density at radius 3 is 2.40 bits per heavy atom. The van der Waals surface area contributed by atoms with Crippen LogP contribution in [0, 0.1) is 11.8 Å². The molecule has 0 unspecified atom stereocenters. The maximum atomic E-state index is 14.9. The number of amides is 3. The number of aryl methyl sites for hydroxylation is 2. The van der Waals surface area contributed by atoms with Crippen molar-refractivity contribution in [1.29, 1.82) is 0 Å². The summed E-state index contributed by atoms with van der Waals surface area (Å²) in [5.41, 5.74) is 4.21. The number of nitrogens with zero attached hydrogens (tertiary/aromatic N) is 5. The van der Waals surface area contributed by atoms with Gasteiger partial charge >= 0.3 is 5.97 Å². The van der Waals surface area contributed by atoms with E-state index in [1.54, 1.807) is 11.0 Å². The quantitative estimate of drug-likeness (QED) is 0.0904. The lowest BCUT2D eigenvalue weighted by molar-refractivity contribution is -0.154. The average Bonchev–Trinajstić information content (AvgIpc) is 4.20. The summed E-state index contributed by atoms with van der Waals surface area (Å²) in [6.45, 7) is 9.28. The second kappa shape index (κ2) is 22.4. The SMILES string of the molecule is COC(=O)C[C@H](C(=O)N1CCC[C@](Cc2ccc(Cl)cc2)(NC(=O)[C@@H]2COC(C)(C)N2C(=O)[C@H](C)CCc2ccc(Cl)cc2Oc2ccc(-c3cnc(CN4CCCC4)n3C)cc2)C1)[C@H]1CCc2ccccc21. The van der Waals surface area contributed by atoms with E-state index in [9.17, 15) is 19.2 Å². The van der Waals surface area contributed by atoms with Crippen molar-refractivity contribution >= 4 is 46.9 Å². The molecule has 1 N–H and O–H groups in total. The Morgan fingerprint density at radius 2 is 1.64 bits per heavy atom. The van der Waals surface area contributed by atoms with Gasteiger partial charge in [-0.05, 0) is 161 Å². The molecule has 0 radical (unpaired) electrons. The first kappa shape index (κ1) is 52.1. The minimum Gasteiger partial charge on any atom is -0.469 e. The zero-order valence-corrected chi connectivity index (χ0v) is 44.2. The third-order valence-electron chi connectivity index (χ3n) is 15.7. The number of fused-ring (bicyclic) bond motifs is 1. The van der Waals surface area contributed by atoms with Crippen LogP contribution in [-0.2, 0) is 61.5 Å². The second-order valence-electron chi connectivity index (χ2n) is 21.1. The molecule has 0 bridgehead atoms. The second-order valence-corrected chi connectivity index (χ2v) is 21.9. The highest BCUT2D eigenvalue weighted by Gasteiger charge is 2.50. The van der Waals surface area contributed by atoms with Gasteiger partial charge in [-0.2, -0.15) is 0 Å². The minimum atomic E-state index is -1.07. The van der Waals surface area contributed by atoms with Gasteiger partial charge in [-0.15, -0.1) is 0 Å². The molecule has 3 amide bonds. The summed E-state index contributed by atoms with van der Waals surface area (Å²) in [7, 11) is 3.41. The van der Waals surface area contributed by atoms with Gasteiger partial charge in [0.05, 0.1) is 50.0 Å². The molecule has 3 saturated heterocycles. The van der Waals surface area contributed by atoms with E-state index >= 15 is 0 Å². The standard InChI is InChI=1S/C58H68Cl2N6O7/c1-38(13-16-42-17-23-44(60)31-51(42)73-45-24-18-41(19-25-45)49-34-61-52(63(49)4)35-64-28-8-9-29-64)55(69)66-50(36-72-57(66,2)3)54(68)62-58(33-39-14-21-43(59)22-15-39)27-10-30-65(37-58)56(70)48(32-53(67)71-5)47-26-20-40-11-6-7-12-46(40)47/h6-7,11-12,14-15,17-19,21-25,31,34,38,47-48,50H,8-10,13,16,20,26-30,32-33,35-37H2,1-5H3,(H,62,68)/t38-,47+,48+,50+,58-/m1/s1. The van der Waals surface area contributed by atoms with Crippen molar-refractivity contribution in [2.24, 2.45) is 18.9 Å². The van der Waals surface area contributed by atoms with Crippen LogP contribution in [0.2, 0.25) is 10.0 Å². The third kappa shape index (κ3) is 11.8. The van der Waals surface area contributed by atoms with Crippen LogP contribution in [0.25, 0.3) is 11.3 Å². The molecule has 386 valence electrons. The molecule has 15 heteroatoms. The molecule has 4 aromatic carbocycles. The van der Waals surface area contributed by atoms with Crippen molar-refractivity contribution in [3.63, 3.8) is 0 Å². The van der Waals surface area contributed by atoms with E-state index in [0.29, 0.717) is 60.2 Å². The third-order valence-corrected chi connectivity index (χ3v) is 16.2. The molecule has 1 aromatic heterocycles. The summed E-state index contributed by atoms with van der Waals surface area (Å²) in [5, 5.41) is 4.54. The summed E-state index contributed by atoms with van der Waals surface area (Å²) < 4.78 is 20.0. The predicted molar refractivity (Wildman–Crippen MR) is 282 cm³/mol. The molecule has 0 saturated carbocycles. The Morgan fingerprint density at radius 1 is 0.904 bits per heavy atom. The summed E-state index contributed by atoms with van der Waals surface area (Å²) in [6, 6.07) is 28.2. The molecule has 9 rings (SSSR count). The van der Waals surface area contributed by atoms with E-state index in [4.69, 9.17) is 42.4 Å². The van der Waals surface area contributed by atoms with Gasteiger partial charge < -0.3 is 29.0 Å². The van der Waals surface area contributed by atoms with Gasteiger partial charge in [0.1, 0.15) is 29.1 Å². The number of nitrogens with one attached hydrogen (secondary N) is 1. The van der Waals surface area contributed by atoms with Gasteiger partial charge in [0.15, 0.2) is 0 Å². The molecule has 5 atom stereocenters. The van der Waals surface area contributed by atoms with Gasteiger partial charge in [0, 0.05) is 41.7 Å². The van der Waals surface area contributed by atoms with Crippen LogP contribution in [-0.4, -0.2) is 105 Å². The largest absolute Gasteiger partial charge is 0.469 e. The van der Waals surface area contributed by atoms with Crippen LogP contribution in [0.3, 0.4) is 0 Å². The molecular formula is C58H68Cl2N6O7. The molecule has 13 nitrogen and oxygen atoms in total. The molecule has 4 heterocycles. The number of carbonyl (C=O) groups is 4. The summed E-state index contributed by atoms with van der Waals surface area (Å²) in [4.78, 5) is 68.1. The number of methoxy groups -OCH3 is 1. The number of ether oxygens (including phenoxy) is 3. The highest BCUT2D eigenvalue weighted by atomic mass is 35.5. The van der Waals surface area contributed by atoms with Crippen molar-refractivity contribution in [2.45, 2.75) is 115 Å². The van der Waals surface area contributed by atoms with Gasteiger partial charge in [-0.25, -0.2) is 4.98 Å². The fourth-order valence-corrected chi connectivity index (χ4v) is 11.9. The molecular weight excluding hydrogens is 964 g/mol. The molecule has 3 aliphatic heterocycles. The van der Waals surface area contributed by atoms with Crippen molar-refractivity contribution in [3.05, 3.63) is 135 Å². The number of esters is 1. The maximum absolute atomic E-state index is 14.9. The van der Waals surface area contributed by atoms with Crippen LogP contribution in [0.5, 0.6) is 11.5 Å². The number of piperidine rings is 1. The first-order valence-corrected chi connectivity index (χ1v) is 26.6. The highest BCUT2D eigenvalue weighted by molar-refractivity contribution is 6.31. The predicted octanol–water partition coefficient (Wildman–Crippen LogP) is 9.94. The number of likely N-dealkylation sites (tertiary alicyclic amines) is 2. The van der Waals surface area contributed by atoms with Crippen LogP contribution >= 0.6 is 23.2 Å². The highest BCUT2D eigenvalue weighted by Crippen LogP contribution is 2.42. The van der Waals surface area contributed by atoms with Crippen molar-refractivity contribution in [3.8, 4) is 22.8 Å². The van der Waals surface area contributed by atoms with Gasteiger partial charge in [0.2, 0.25) is 17.7 Å². The number of halogens is 2. The summed E-state index contributed by atoms with van der Waals surface area (Å²) in [5.74, 6) is -0.0900. The van der Waals surface area contributed by atoms with Crippen LogP contribution in [0.15, 0.2) is 97.2 Å². The number of benzene rings is 4. The van der Waals surface area contributed by atoms with E-state index in [2.05, 4.69) is 34.0 Å². The zero-order valence-electron chi connectivity index (χ0n) is 42.7.